The van der Waals surface area contributed by atoms with Crippen molar-refractivity contribution >= 4 is 7.12 Å². The van der Waals surface area contributed by atoms with Gasteiger partial charge in [-0.15, -0.1) is 0 Å². The summed E-state index contributed by atoms with van der Waals surface area (Å²) in [5, 5.41) is 3.52. The molecule has 0 aromatic heterocycles. The molecular formula is C14H24BNO2. The molecule has 0 amide bonds. The molecule has 100 valence electrons. The van der Waals surface area contributed by atoms with Gasteiger partial charge in [0.1, 0.15) is 0 Å². The highest BCUT2D eigenvalue weighted by Crippen LogP contribution is 2.65. The molecule has 3 saturated carbocycles. The summed E-state index contributed by atoms with van der Waals surface area (Å²) in [5.41, 5.74) is 0.416. The van der Waals surface area contributed by atoms with Gasteiger partial charge in [0, 0.05) is 5.94 Å². The minimum Gasteiger partial charge on any atom is -0.404 e. The molecule has 0 aromatic carbocycles. The van der Waals surface area contributed by atoms with E-state index in [1.54, 1.807) is 0 Å². The van der Waals surface area contributed by atoms with Crippen LogP contribution in [-0.2, 0) is 9.31 Å². The van der Waals surface area contributed by atoms with Gasteiger partial charge in [0.2, 0.25) is 0 Å². The maximum atomic E-state index is 6.44. The minimum absolute atomic E-state index is 0.00218. The summed E-state index contributed by atoms with van der Waals surface area (Å²) in [5.74, 6) is 1.95. The van der Waals surface area contributed by atoms with Crippen LogP contribution in [-0.4, -0.2) is 31.3 Å². The molecule has 2 aliphatic heterocycles. The van der Waals surface area contributed by atoms with Gasteiger partial charge in [-0.25, -0.2) is 0 Å². The maximum absolute atomic E-state index is 6.44. The summed E-state index contributed by atoms with van der Waals surface area (Å²) in [6.45, 7) is 8.25. The largest absolute Gasteiger partial charge is 0.475 e. The summed E-state index contributed by atoms with van der Waals surface area (Å²) < 4.78 is 12.7. The third-order valence-electron chi connectivity index (χ3n) is 6.40. The van der Waals surface area contributed by atoms with Gasteiger partial charge in [0.15, 0.2) is 0 Å². The molecule has 1 N–H and O–H groups in total. The van der Waals surface area contributed by atoms with Gasteiger partial charge in [-0.3, -0.25) is 0 Å². The number of rotatable bonds is 1. The van der Waals surface area contributed by atoms with Crippen molar-refractivity contribution in [3.8, 4) is 0 Å². The van der Waals surface area contributed by atoms with E-state index < -0.39 is 0 Å². The molecular weight excluding hydrogens is 225 g/mol. The zero-order chi connectivity index (χ0) is 12.5. The summed E-state index contributed by atoms with van der Waals surface area (Å²) in [7, 11) is -0.00218. The number of hydrogen-bond acceptors (Lipinski definition) is 3. The lowest BCUT2D eigenvalue weighted by Gasteiger charge is -2.64. The van der Waals surface area contributed by atoms with Gasteiger partial charge < -0.3 is 14.6 Å². The Morgan fingerprint density at radius 3 is 2.72 bits per heavy atom. The molecule has 2 bridgehead atoms. The first kappa shape index (κ1) is 11.7. The topological polar surface area (TPSA) is 30.5 Å². The van der Waals surface area contributed by atoms with Gasteiger partial charge in [0.05, 0.1) is 11.7 Å². The Hall–Kier alpha value is -0.0551. The average Bonchev–Trinajstić information content (AvgIpc) is 2.92. The lowest BCUT2D eigenvalue weighted by atomic mass is 9.43. The van der Waals surface area contributed by atoms with Crippen molar-refractivity contribution in [1.29, 1.82) is 0 Å². The second-order valence-electron chi connectivity index (χ2n) is 7.54. The highest BCUT2D eigenvalue weighted by Gasteiger charge is 2.68. The van der Waals surface area contributed by atoms with Gasteiger partial charge in [-0.2, -0.15) is 0 Å². The van der Waals surface area contributed by atoms with Crippen molar-refractivity contribution in [3.63, 3.8) is 0 Å². The lowest BCUT2D eigenvalue weighted by molar-refractivity contribution is -0.199. The highest BCUT2D eigenvalue weighted by molar-refractivity contribution is 6.47. The van der Waals surface area contributed by atoms with E-state index >= 15 is 0 Å². The van der Waals surface area contributed by atoms with Crippen LogP contribution in [0.1, 0.15) is 46.5 Å². The molecule has 4 heteroatoms. The Labute approximate surface area is 110 Å². The first-order valence-corrected chi connectivity index (χ1v) is 7.58. The van der Waals surface area contributed by atoms with E-state index in [2.05, 4.69) is 26.1 Å². The Bertz CT molecular complexity index is 369. The van der Waals surface area contributed by atoms with Crippen molar-refractivity contribution in [2.75, 3.05) is 6.54 Å². The zero-order valence-electron chi connectivity index (χ0n) is 11.7. The van der Waals surface area contributed by atoms with Crippen molar-refractivity contribution in [3.05, 3.63) is 0 Å². The van der Waals surface area contributed by atoms with E-state index in [1.165, 1.54) is 25.7 Å². The van der Waals surface area contributed by atoms with Gasteiger partial charge in [0.25, 0.3) is 0 Å². The molecule has 5 aliphatic rings. The van der Waals surface area contributed by atoms with E-state index in [-0.39, 0.29) is 12.7 Å². The van der Waals surface area contributed by atoms with Crippen molar-refractivity contribution < 1.29 is 9.31 Å². The van der Waals surface area contributed by atoms with E-state index in [0.717, 1.165) is 12.5 Å². The number of nitrogens with one attached hydrogen (secondary N) is 1. The lowest BCUT2D eigenvalue weighted by Crippen LogP contribution is -2.65. The molecule has 4 unspecified atom stereocenters. The minimum atomic E-state index is -0.0345. The second-order valence-corrected chi connectivity index (χ2v) is 7.54. The van der Waals surface area contributed by atoms with Crippen molar-refractivity contribution in [2.24, 2.45) is 17.3 Å². The molecule has 5 atom stereocenters. The van der Waals surface area contributed by atoms with Crippen LogP contribution in [0.4, 0.5) is 0 Å². The number of hydrogen-bond donors (Lipinski definition) is 1. The smallest absolute Gasteiger partial charge is 0.404 e. The molecule has 3 nitrogen and oxygen atoms in total. The SMILES string of the molecule is CC1(C)C2CC3OB(C4CCCN4)O[C@]3(C)C1C2. The van der Waals surface area contributed by atoms with E-state index in [0.29, 0.717) is 23.4 Å². The Morgan fingerprint density at radius 1 is 1.22 bits per heavy atom. The predicted molar refractivity (Wildman–Crippen MR) is 71.1 cm³/mol. The fraction of sp³-hybridized carbons (Fsp3) is 1.00. The van der Waals surface area contributed by atoms with E-state index in [9.17, 15) is 0 Å². The quantitative estimate of drug-likeness (QED) is 0.721. The molecule has 2 saturated heterocycles. The maximum Gasteiger partial charge on any atom is 0.475 e. The third kappa shape index (κ3) is 1.32. The first-order valence-electron chi connectivity index (χ1n) is 7.58. The summed E-state index contributed by atoms with van der Waals surface area (Å²) >= 11 is 0. The van der Waals surface area contributed by atoms with Crippen LogP contribution in [0.5, 0.6) is 0 Å². The zero-order valence-corrected chi connectivity index (χ0v) is 11.7. The van der Waals surface area contributed by atoms with Gasteiger partial charge >= 0.3 is 7.12 Å². The molecule has 5 fully saturated rings. The van der Waals surface area contributed by atoms with Crippen LogP contribution < -0.4 is 5.32 Å². The third-order valence-corrected chi connectivity index (χ3v) is 6.40. The molecule has 5 rings (SSSR count). The fourth-order valence-electron chi connectivity index (χ4n) is 5.01. The highest BCUT2D eigenvalue weighted by atomic mass is 16.7. The molecule has 3 aliphatic carbocycles. The molecule has 0 spiro atoms. The Kier molecular flexibility index (Phi) is 2.30. The monoisotopic (exact) mass is 249 g/mol. The predicted octanol–water partition coefficient (Wildman–Crippen LogP) is 2.01. The van der Waals surface area contributed by atoms with Crippen LogP contribution >= 0.6 is 0 Å². The fourth-order valence-corrected chi connectivity index (χ4v) is 5.01. The average molecular weight is 249 g/mol. The Balaban J connectivity index is 1.57. The molecule has 0 radical (unpaired) electrons. The molecule has 2 heterocycles. The van der Waals surface area contributed by atoms with Crippen molar-refractivity contribution in [1.82, 2.24) is 5.32 Å². The van der Waals surface area contributed by atoms with Crippen LogP contribution in [0.15, 0.2) is 0 Å². The standard InChI is InChI=1S/C14H24BNO2/c1-13(2)9-7-10(13)14(3)11(8-9)17-15(18-14)12-5-4-6-16-12/h9-12,16H,4-8H2,1-3H3/t9?,10?,11?,12?,14-/m1/s1. The first-order chi connectivity index (χ1) is 8.52. The van der Waals surface area contributed by atoms with Crippen LogP contribution in [0.3, 0.4) is 0 Å². The summed E-state index contributed by atoms with van der Waals surface area (Å²) in [4.78, 5) is 0. The summed E-state index contributed by atoms with van der Waals surface area (Å²) in [6, 6.07) is 0. The van der Waals surface area contributed by atoms with Crippen LogP contribution in [0.25, 0.3) is 0 Å². The van der Waals surface area contributed by atoms with E-state index in [1.807, 2.05) is 0 Å². The Morgan fingerprint density at radius 2 is 2.06 bits per heavy atom. The normalized spacial score (nSPS) is 53.2. The van der Waals surface area contributed by atoms with E-state index in [4.69, 9.17) is 9.31 Å². The van der Waals surface area contributed by atoms with Crippen molar-refractivity contribution in [2.45, 2.75) is 64.1 Å². The van der Waals surface area contributed by atoms with Crippen LogP contribution in [0, 0.1) is 17.3 Å². The molecule has 0 aromatic rings. The molecule has 18 heavy (non-hydrogen) atoms. The second kappa shape index (κ2) is 3.53. The van der Waals surface area contributed by atoms with Crippen LogP contribution in [0.2, 0.25) is 0 Å². The van der Waals surface area contributed by atoms with Gasteiger partial charge in [-0.05, 0) is 56.4 Å². The van der Waals surface area contributed by atoms with Gasteiger partial charge in [-0.1, -0.05) is 13.8 Å². The summed E-state index contributed by atoms with van der Waals surface area (Å²) in [6.07, 6.45) is 5.33.